The van der Waals surface area contributed by atoms with Crippen LogP contribution in [-0.2, 0) is 11.0 Å². The molecule has 22 heavy (non-hydrogen) atoms. The molecule has 0 aliphatic carbocycles. The van der Waals surface area contributed by atoms with E-state index in [1.807, 2.05) is 0 Å². The molecule has 0 N–H and O–H groups in total. The Balaban J connectivity index is 1.93. The highest BCUT2D eigenvalue weighted by Gasteiger charge is 2.32. The molecule has 0 aromatic heterocycles. The number of hydrogen-bond acceptors (Lipinski definition) is 2. The summed E-state index contributed by atoms with van der Waals surface area (Å²) in [7, 11) is 0. The maximum Gasteiger partial charge on any atom is 0.416 e. The SMILES string of the molecule is CC(=O)N1CCC2=C(C1)C(c1cccc(C(F)(F)F)c1)=NC2. The summed E-state index contributed by atoms with van der Waals surface area (Å²) in [5.74, 6) is -0.0261. The lowest BCUT2D eigenvalue weighted by Gasteiger charge is -2.28. The molecule has 0 unspecified atom stereocenters. The van der Waals surface area contributed by atoms with Crippen molar-refractivity contribution >= 4 is 11.6 Å². The molecule has 0 saturated heterocycles. The zero-order valence-corrected chi connectivity index (χ0v) is 12.1. The molecule has 116 valence electrons. The molecule has 3 rings (SSSR count). The summed E-state index contributed by atoms with van der Waals surface area (Å²) in [6, 6.07) is 5.21. The Morgan fingerprint density at radius 1 is 1.32 bits per heavy atom. The Hall–Kier alpha value is -2.11. The maximum absolute atomic E-state index is 12.9. The fourth-order valence-electron chi connectivity index (χ4n) is 2.87. The number of aliphatic imine (C=N–C) groups is 1. The summed E-state index contributed by atoms with van der Waals surface area (Å²) in [5, 5.41) is 0. The predicted octanol–water partition coefficient (Wildman–Crippen LogP) is 3.06. The van der Waals surface area contributed by atoms with Crippen molar-refractivity contribution in [3.05, 3.63) is 46.5 Å². The highest BCUT2D eigenvalue weighted by molar-refractivity contribution is 6.15. The second kappa shape index (κ2) is 5.26. The number of nitrogens with zero attached hydrogens (tertiary/aromatic N) is 2. The highest BCUT2D eigenvalue weighted by atomic mass is 19.4. The monoisotopic (exact) mass is 308 g/mol. The predicted molar refractivity (Wildman–Crippen MR) is 76.7 cm³/mol. The van der Waals surface area contributed by atoms with Crippen molar-refractivity contribution in [2.75, 3.05) is 19.6 Å². The third-order valence-electron chi connectivity index (χ3n) is 4.08. The van der Waals surface area contributed by atoms with E-state index in [0.717, 1.165) is 29.7 Å². The van der Waals surface area contributed by atoms with Crippen molar-refractivity contribution in [3.63, 3.8) is 0 Å². The normalized spacial score (nSPS) is 18.4. The zero-order valence-electron chi connectivity index (χ0n) is 12.1. The first-order valence-corrected chi connectivity index (χ1v) is 7.05. The van der Waals surface area contributed by atoms with Gasteiger partial charge in [-0.25, -0.2) is 0 Å². The van der Waals surface area contributed by atoms with Gasteiger partial charge in [0.05, 0.1) is 17.8 Å². The molecule has 1 aromatic carbocycles. The van der Waals surface area contributed by atoms with Crippen LogP contribution in [0.15, 0.2) is 40.4 Å². The van der Waals surface area contributed by atoms with Crippen LogP contribution < -0.4 is 0 Å². The molecule has 2 aliphatic heterocycles. The molecular weight excluding hydrogens is 293 g/mol. The summed E-state index contributed by atoms with van der Waals surface area (Å²) >= 11 is 0. The van der Waals surface area contributed by atoms with Gasteiger partial charge < -0.3 is 4.90 Å². The number of carbonyl (C=O) groups excluding carboxylic acids is 1. The van der Waals surface area contributed by atoms with Gasteiger partial charge in [0.25, 0.3) is 0 Å². The van der Waals surface area contributed by atoms with Gasteiger partial charge in [-0.05, 0) is 29.7 Å². The summed E-state index contributed by atoms with van der Waals surface area (Å²) in [6.45, 7) is 3.10. The topological polar surface area (TPSA) is 32.7 Å². The minimum atomic E-state index is -4.37. The number of rotatable bonds is 1. The van der Waals surface area contributed by atoms with Gasteiger partial charge in [-0.1, -0.05) is 12.1 Å². The minimum absolute atomic E-state index is 0.0261. The van der Waals surface area contributed by atoms with E-state index in [9.17, 15) is 18.0 Å². The smallest absolute Gasteiger partial charge is 0.338 e. The molecule has 0 spiro atoms. The fraction of sp³-hybridized carbons (Fsp3) is 0.375. The summed E-state index contributed by atoms with van der Waals surface area (Å²) in [4.78, 5) is 17.6. The number of carbonyl (C=O) groups is 1. The number of benzene rings is 1. The molecule has 0 bridgehead atoms. The summed E-state index contributed by atoms with van der Waals surface area (Å²) in [5.41, 5.74) is 2.41. The number of alkyl halides is 3. The van der Waals surface area contributed by atoms with Crippen LogP contribution in [-0.4, -0.2) is 36.2 Å². The quantitative estimate of drug-likeness (QED) is 0.785. The second-order valence-corrected chi connectivity index (χ2v) is 5.52. The van der Waals surface area contributed by atoms with Crippen LogP contribution in [0.2, 0.25) is 0 Å². The van der Waals surface area contributed by atoms with Crippen LogP contribution in [0, 0.1) is 0 Å². The van der Waals surface area contributed by atoms with Gasteiger partial charge in [-0.2, -0.15) is 13.2 Å². The third kappa shape index (κ3) is 2.65. The van der Waals surface area contributed by atoms with Crippen LogP contribution in [0.25, 0.3) is 0 Å². The fourth-order valence-corrected chi connectivity index (χ4v) is 2.87. The Labute approximate surface area is 126 Å². The summed E-state index contributed by atoms with van der Waals surface area (Å²) in [6.07, 6.45) is -3.63. The Morgan fingerprint density at radius 2 is 2.09 bits per heavy atom. The Kier molecular flexibility index (Phi) is 3.54. The molecule has 0 radical (unpaired) electrons. The van der Waals surface area contributed by atoms with E-state index in [1.54, 1.807) is 11.0 Å². The Bertz CT molecular complexity index is 689. The van der Waals surface area contributed by atoms with E-state index in [0.29, 0.717) is 30.9 Å². The van der Waals surface area contributed by atoms with Crippen molar-refractivity contribution in [2.45, 2.75) is 19.5 Å². The first-order valence-electron chi connectivity index (χ1n) is 7.05. The van der Waals surface area contributed by atoms with Crippen molar-refractivity contribution in [1.29, 1.82) is 0 Å². The lowest BCUT2D eigenvalue weighted by atomic mass is 9.94. The van der Waals surface area contributed by atoms with Gasteiger partial charge in [0.15, 0.2) is 0 Å². The first kappa shape index (κ1) is 14.8. The van der Waals surface area contributed by atoms with Crippen molar-refractivity contribution in [2.24, 2.45) is 4.99 Å². The second-order valence-electron chi connectivity index (χ2n) is 5.52. The maximum atomic E-state index is 12.9. The minimum Gasteiger partial charge on any atom is -0.338 e. The van der Waals surface area contributed by atoms with Crippen LogP contribution in [0.1, 0.15) is 24.5 Å². The molecule has 1 amide bonds. The van der Waals surface area contributed by atoms with Crippen molar-refractivity contribution in [3.8, 4) is 0 Å². The van der Waals surface area contributed by atoms with Crippen LogP contribution in [0.4, 0.5) is 13.2 Å². The van der Waals surface area contributed by atoms with Gasteiger partial charge >= 0.3 is 6.18 Å². The van der Waals surface area contributed by atoms with E-state index in [2.05, 4.69) is 4.99 Å². The number of hydrogen-bond donors (Lipinski definition) is 0. The van der Waals surface area contributed by atoms with Gasteiger partial charge in [0.1, 0.15) is 0 Å². The lowest BCUT2D eigenvalue weighted by molar-refractivity contribution is -0.137. The van der Waals surface area contributed by atoms with Crippen LogP contribution >= 0.6 is 0 Å². The van der Waals surface area contributed by atoms with Crippen molar-refractivity contribution < 1.29 is 18.0 Å². The Morgan fingerprint density at radius 3 is 2.77 bits per heavy atom. The molecule has 0 fully saturated rings. The van der Waals surface area contributed by atoms with Crippen LogP contribution in [0.3, 0.4) is 0 Å². The first-order chi connectivity index (χ1) is 10.4. The van der Waals surface area contributed by atoms with Gasteiger partial charge in [-0.15, -0.1) is 0 Å². The molecule has 2 heterocycles. The molecule has 6 heteroatoms. The average molecular weight is 308 g/mol. The highest BCUT2D eigenvalue weighted by Crippen LogP contribution is 2.32. The molecule has 3 nitrogen and oxygen atoms in total. The summed E-state index contributed by atoms with van der Waals surface area (Å²) < 4.78 is 38.6. The van der Waals surface area contributed by atoms with Gasteiger partial charge in [-0.3, -0.25) is 9.79 Å². The van der Waals surface area contributed by atoms with E-state index in [1.165, 1.54) is 13.0 Å². The zero-order chi connectivity index (χ0) is 15.9. The molecular formula is C16H15F3N2O. The van der Waals surface area contributed by atoms with Gasteiger partial charge in [0.2, 0.25) is 5.91 Å². The van der Waals surface area contributed by atoms with Crippen LogP contribution in [0.5, 0.6) is 0 Å². The van der Waals surface area contributed by atoms with Crippen molar-refractivity contribution in [1.82, 2.24) is 4.90 Å². The van der Waals surface area contributed by atoms with Gasteiger partial charge in [0, 0.05) is 25.6 Å². The number of amides is 1. The molecule has 1 aromatic rings. The third-order valence-corrected chi connectivity index (χ3v) is 4.08. The molecule has 2 aliphatic rings. The number of halogens is 3. The molecule has 0 atom stereocenters. The average Bonchev–Trinajstić information content (AvgIpc) is 2.89. The van der Waals surface area contributed by atoms with E-state index < -0.39 is 11.7 Å². The van der Waals surface area contributed by atoms with E-state index in [4.69, 9.17) is 0 Å². The largest absolute Gasteiger partial charge is 0.416 e. The van der Waals surface area contributed by atoms with E-state index >= 15 is 0 Å². The van der Waals surface area contributed by atoms with E-state index in [-0.39, 0.29) is 5.91 Å². The lowest BCUT2D eigenvalue weighted by Crippen LogP contribution is -2.36. The molecule has 0 saturated carbocycles. The standard InChI is InChI=1S/C16H15F3N2O/c1-10(22)21-6-5-12-8-20-15(14(12)9-21)11-3-2-4-13(7-11)16(17,18)19/h2-4,7H,5-6,8-9H2,1H3.